The summed E-state index contributed by atoms with van der Waals surface area (Å²) in [6, 6.07) is 17.5. The van der Waals surface area contributed by atoms with Gasteiger partial charge < -0.3 is 19.3 Å². The molecule has 0 fully saturated rings. The minimum Gasteiger partial charge on any atom is -0.744 e. The zero-order valence-electron chi connectivity index (χ0n) is 24.5. The molecule has 0 bridgehead atoms. The van der Waals surface area contributed by atoms with E-state index in [2.05, 4.69) is 31.0 Å². The Hall–Kier alpha value is -3.62. The quantitative estimate of drug-likeness (QED) is 0.0685. The Morgan fingerprint density at radius 1 is 0.638 bits per heavy atom. The number of carbonyl (C=O) groups is 1. The van der Waals surface area contributed by atoms with Gasteiger partial charge in [-0.1, -0.05) is 0 Å². The van der Waals surface area contributed by atoms with E-state index >= 15 is 0 Å². The van der Waals surface area contributed by atoms with Gasteiger partial charge >= 0.3 is 59.1 Å². The van der Waals surface area contributed by atoms with Gasteiger partial charge in [-0.15, -0.1) is 5.11 Å². The summed E-state index contributed by atoms with van der Waals surface area (Å²) in [6.45, 7) is 0. The molecular formula is C28H18N6Na2O9S2. The Bertz CT molecular complexity index is 2220. The topological polar surface area (TPSA) is 246 Å². The zero-order chi connectivity index (χ0) is 32.4. The Kier molecular flexibility index (Phi) is 12.5. The third-order valence-corrected chi connectivity index (χ3v) is 7.75. The molecule has 15 nitrogen and oxygen atoms in total. The molecule has 0 heterocycles. The number of ketones is 1. The molecule has 0 aliphatic heterocycles. The fraction of sp³-hybridized carbons (Fsp3) is 0. The molecule has 0 amide bonds. The average molecular weight is 693 g/mol. The van der Waals surface area contributed by atoms with E-state index in [0.29, 0.717) is 22.7 Å². The van der Waals surface area contributed by atoms with Gasteiger partial charge in [0.25, 0.3) is 0 Å². The summed E-state index contributed by atoms with van der Waals surface area (Å²) >= 11 is 0. The van der Waals surface area contributed by atoms with E-state index < -0.39 is 42.4 Å². The van der Waals surface area contributed by atoms with E-state index in [-0.39, 0.29) is 86.2 Å². The van der Waals surface area contributed by atoms with Crippen LogP contribution < -0.4 is 64.5 Å². The van der Waals surface area contributed by atoms with E-state index in [4.69, 9.17) is 0 Å². The molecule has 19 heteroatoms. The number of hydrogen-bond acceptors (Lipinski definition) is 15. The van der Waals surface area contributed by atoms with Crippen LogP contribution in [-0.4, -0.2) is 47.6 Å². The van der Waals surface area contributed by atoms with Crippen molar-refractivity contribution in [1.29, 1.82) is 0 Å². The molecule has 0 atom stereocenters. The number of hydrazone groups is 1. The number of azo groups is 2. The van der Waals surface area contributed by atoms with E-state index in [9.17, 15) is 40.9 Å². The molecule has 1 aliphatic carbocycles. The van der Waals surface area contributed by atoms with Crippen LogP contribution in [0.2, 0.25) is 0 Å². The second-order valence-electron chi connectivity index (χ2n) is 9.23. The molecule has 47 heavy (non-hydrogen) atoms. The van der Waals surface area contributed by atoms with Crippen molar-refractivity contribution in [1.82, 2.24) is 0 Å². The molecule has 5 rings (SSSR count). The van der Waals surface area contributed by atoms with Crippen molar-refractivity contribution < 1.29 is 100 Å². The summed E-state index contributed by atoms with van der Waals surface area (Å²) in [7, 11) is -9.38. The third-order valence-electron chi connectivity index (χ3n) is 6.08. The summed E-state index contributed by atoms with van der Waals surface area (Å²) in [4.78, 5) is 11.4. The van der Waals surface area contributed by atoms with Gasteiger partial charge in [-0.2, -0.15) is 20.4 Å². The number of nitrogens with one attached hydrogen (secondary N) is 1. The van der Waals surface area contributed by atoms with Crippen LogP contribution in [0.4, 0.5) is 22.7 Å². The van der Waals surface area contributed by atoms with Crippen LogP contribution in [0.25, 0.3) is 10.8 Å². The molecule has 3 N–H and O–H groups in total. The van der Waals surface area contributed by atoms with Crippen LogP contribution in [0.15, 0.2) is 138 Å². The van der Waals surface area contributed by atoms with Crippen LogP contribution in [0, 0.1) is 0 Å². The molecule has 4 aromatic carbocycles. The fourth-order valence-corrected chi connectivity index (χ4v) is 4.86. The second kappa shape index (κ2) is 15.5. The molecule has 228 valence electrons. The summed E-state index contributed by atoms with van der Waals surface area (Å²) in [5.74, 6) is -1.49. The number of phenolic OH excluding ortho intramolecular Hbond substituents is 1. The number of aliphatic hydroxyl groups is 1. The predicted octanol–water partition coefficient (Wildman–Crippen LogP) is -0.763. The van der Waals surface area contributed by atoms with Gasteiger partial charge in [-0.25, -0.2) is 16.8 Å². The van der Waals surface area contributed by atoms with Crippen LogP contribution in [-0.2, 0) is 25.0 Å². The zero-order valence-corrected chi connectivity index (χ0v) is 30.1. The number of carbonyl (C=O) groups excluding carboxylic acids is 1. The smallest absolute Gasteiger partial charge is 0.744 e. The average Bonchev–Trinajstić information content (AvgIpc) is 2.99. The first-order chi connectivity index (χ1) is 21.3. The van der Waals surface area contributed by atoms with Crippen LogP contribution in [0.1, 0.15) is 0 Å². The largest absolute Gasteiger partial charge is 1.00 e. The van der Waals surface area contributed by atoms with Gasteiger partial charge in [-0.05, 0) is 84.2 Å². The van der Waals surface area contributed by atoms with Gasteiger partial charge in [0.05, 0.1) is 32.5 Å². The first-order valence-corrected chi connectivity index (χ1v) is 15.3. The number of benzene rings is 4. The molecular weight excluding hydrogens is 674 g/mol. The minimum absolute atomic E-state index is 0. The van der Waals surface area contributed by atoms with E-state index in [0.717, 1.165) is 30.3 Å². The van der Waals surface area contributed by atoms with Gasteiger partial charge in [0.1, 0.15) is 43.2 Å². The number of anilines is 1. The summed E-state index contributed by atoms with van der Waals surface area (Å²) in [5.41, 5.74) is 3.82. The minimum atomic E-state index is -4.82. The van der Waals surface area contributed by atoms with E-state index in [1.165, 1.54) is 36.4 Å². The maximum atomic E-state index is 12.4. The Labute approximate surface area is 311 Å². The number of phenols is 1. The van der Waals surface area contributed by atoms with E-state index in [1.54, 1.807) is 24.3 Å². The molecule has 4 aromatic rings. The van der Waals surface area contributed by atoms with Crippen molar-refractivity contribution in [2.24, 2.45) is 25.6 Å². The number of nitrogens with zero attached hydrogens (tertiary/aromatic N) is 5. The van der Waals surface area contributed by atoms with E-state index in [1.807, 2.05) is 0 Å². The monoisotopic (exact) mass is 692 g/mol. The number of hydrogen-bond donors (Lipinski definition) is 3. The summed E-state index contributed by atoms with van der Waals surface area (Å²) in [6.07, 6.45) is 2.09. The molecule has 0 saturated heterocycles. The van der Waals surface area contributed by atoms with Crippen molar-refractivity contribution in [3.05, 3.63) is 102 Å². The first kappa shape index (κ1) is 37.8. The number of aromatic hydroxyl groups is 1. The SMILES string of the molecule is O=C1C=C(O)C(N=Nc2ccc(N=Nc3ccc(S(=O)(=O)[O-])cc3)cc2)=C/C1=N\Nc1ccc2c(O)cc(S(=O)(=O)[O-])cc2c1.[Na+].[Na+]. The van der Waals surface area contributed by atoms with Crippen molar-refractivity contribution in [3.63, 3.8) is 0 Å². The van der Waals surface area contributed by atoms with Gasteiger partial charge in [0, 0.05) is 17.5 Å². The third kappa shape index (κ3) is 9.71. The second-order valence-corrected chi connectivity index (χ2v) is 12.0. The van der Waals surface area contributed by atoms with Crippen molar-refractivity contribution in [3.8, 4) is 5.75 Å². The van der Waals surface area contributed by atoms with Crippen molar-refractivity contribution in [2.45, 2.75) is 9.79 Å². The normalized spacial score (nSPS) is 14.5. The van der Waals surface area contributed by atoms with Gasteiger partial charge in [0.15, 0.2) is 0 Å². The molecule has 1 aliphatic rings. The van der Waals surface area contributed by atoms with Crippen LogP contribution in [0.3, 0.4) is 0 Å². The molecule has 0 radical (unpaired) electrons. The standard InChI is InChI=1S/C28H20N6O9S2.2Na/c35-26-13-22(45(41,42)43)12-16-11-20(7-10-23(16)26)32-34-25-14-24(27(36)15-28(25)37)33-31-18-3-1-17(2-4-18)29-30-19-5-8-21(9-6-19)44(38,39)40;;/h1-15,32,35-36H,(H,38,39,40)(H,41,42,43);;/q;2*+1/p-2/b30-29?,33-31?,34-25+;;. The molecule has 0 unspecified atom stereocenters. The Morgan fingerprint density at radius 3 is 1.72 bits per heavy atom. The maximum absolute atomic E-state index is 12.4. The van der Waals surface area contributed by atoms with Crippen LogP contribution in [0.5, 0.6) is 5.75 Å². The van der Waals surface area contributed by atoms with Crippen LogP contribution >= 0.6 is 0 Å². The number of fused-ring (bicyclic) bond motifs is 1. The number of rotatable bonds is 8. The number of aliphatic hydroxyl groups excluding tert-OH is 1. The summed E-state index contributed by atoms with van der Waals surface area (Å²) < 4.78 is 67.2. The number of allylic oxidation sites excluding steroid dienone is 2. The van der Waals surface area contributed by atoms with Gasteiger partial charge in [0.2, 0.25) is 5.78 Å². The maximum Gasteiger partial charge on any atom is 1.00 e. The Morgan fingerprint density at radius 2 is 1.17 bits per heavy atom. The fourth-order valence-electron chi connectivity index (χ4n) is 3.87. The van der Waals surface area contributed by atoms with Gasteiger partial charge in [-0.3, -0.25) is 10.2 Å². The Balaban J connectivity index is 0.00000300. The molecule has 0 spiro atoms. The van der Waals surface area contributed by atoms with Crippen molar-refractivity contribution in [2.75, 3.05) is 5.43 Å². The molecule has 0 aromatic heterocycles. The molecule has 0 saturated carbocycles. The first-order valence-electron chi connectivity index (χ1n) is 12.5. The predicted molar refractivity (Wildman–Crippen MR) is 158 cm³/mol. The van der Waals surface area contributed by atoms with Crippen molar-refractivity contribution >= 4 is 65.3 Å². The summed E-state index contributed by atoms with van der Waals surface area (Å²) in [5, 5.41) is 40.8.